The van der Waals surface area contributed by atoms with Crippen LogP contribution in [-0.4, -0.2) is 50.1 Å². The number of benzene rings is 1. The predicted octanol–water partition coefficient (Wildman–Crippen LogP) is 2.84. The lowest BCUT2D eigenvalue weighted by Crippen LogP contribution is -2.34. The maximum atomic E-state index is 5.27. The third-order valence-electron chi connectivity index (χ3n) is 3.93. The van der Waals surface area contributed by atoms with E-state index >= 15 is 0 Å². The van der Waals surface area contributed by atoms with Crippen molar-refractivity contribution in [2.45, 2.75) is 19.5 Å². The Morgan fingerprint density at radius 2 is 2.11 bits per heavy atom. The summed E-state index contributed by atoms with van der Waals surface area (Å²) in [6, 6.07) is 7.01. The van der Waals surface area contributed by atoms with Crippen LogP contribution in [0.1, 0.15) is 12.5 Å². The minimum absolute atomic E-state index is 0.668. The number of methoxy groups -OCH3 is 1. The van der Waals surface area contributed by atoms with E-state index in [1.165, 1.54) is 12.1 Å². The zero-order valence-corrected chi connectivity index (χ0v) is 13.8. The van der Waals surface area contributed by atoms with Gasteiger partial charge in [-0.3, -0.25) is 4.90 Å². The van der Waals surface area contributed by atoms with Gasteiger partial charge in [-0.05, 0) is 53.6 Å². The van der Waals surface area contributed by atoms with Crippen molar-refractivity contribution in [1.29, 1.82) is 0 Å². The first-order valence-corrected chi connectivity index (χ1v) is 7.51. The van der Waals surface area contributed by atoms with E-state index in [1.807, 2.05) is 6.07 Å². The smallest absolute Gasteiger partial charge is 0.133 e. The van der Waals surface area contributed by atoms with Gasteiger partial charge in [0.2, 0.25) is 0 Å². The molecular weight excluding hydrogens is 304 g/mol. The molecule has 4 heteroatoms. The Bertz CT molecular complexity index is 436. The summed E-state index contributed by atoms with van der Waals surface area (Å²) in [5, 5.41) is 0. The number of hydrogen-bond donors (Lipinski definition) is 0. The fraction of sp³-hybridized carbons (Fsp3) is 0.600. The van der Waals surface area contributed by atoms with Gasteiger partial charge in [0.25, 0.3) is 0 Å². The van der Waals surface area contributed by atoms with Crippen molar-refractivity contribution in [3.8, 4) is 5.75 Å². The second kappa shape index (κ2) is 6.25. The van der Waals surface area contributed by atoms with E-state index < -0.39 is 0 Å². The molecular formula is C15H23BrN2O. The topological polar surface area (TPSA) is 15.7 Å². The number of nitrogens with zero attached hydrogens (tertiary/aromatic N) is 2. The first-order valence-electron chi connectivity index (χ1n) is 6.72. The van der Waals surface area contributed by atoms with Crippen LogP contribution in [0, 0.1) is 5.92 Å². The van der Waals surface area contributed by atoms with Crippen molar-refractivity contribution in [3.63, 3.8) is 0 Å². The molecule has 2 rings (SSSR count). The van der Waals surface area contributed by atoms with Gasteiger partial charge < -0.3 is 9.64 Å². The minimum atomic E-state index is 0.668. The highest BCUT2D eigenvalue weighted by Crippen LogP contribution is 2.27. The average molecular weight is 327 g/mol. The van der Waals surface area contributed by atoms with Gasteiger partial charge in [0, 0.05) is 25.7 Å². The normalized spacial score (nSPS) is 24.1. The molecule has 1 aromatic rings. The van der Waals surface area contributed by atoms with Gasteiger partial charge >= 0.3 is 0 Å². The molecule has 0 bridgehead atoms. The van der Waals surface area contributed by atoms with Gasteiger partial charge in [-0.2, -0.15) is 0 Å². The second-order valence-corrected chi connectivity index (χ2v) is 6.53. The number of likely N-dealkylation sites (N-methyl/N-ethyl adjacent to an activating group) is 1. The van der Waals surface area contributed by atoms with Crippen molar-refractivity contribution in [1.82, 2.24) is 9.80 Å². The standard InChI is InChI=1S/C15H23BrN2O/c1-11-8-18(10-14(11)17(2)3)9-12-5-6-15(19-4)13(16)7-12/h5-7,11,14H,8-10H2,1-4H3. The Morgan fingerprint density at radius 3 is 2.63 bits per heavy atom. The van der Waals surface area contributed by atoms with Crippen LogP contribution in [0.2, 0.25) is 0 Å². The van der Waals surface area contributed by atoms with Crippen LogP contribution in [-0.2, 0) is 6.54 Å². The van der Waals surface area contributed by atoms with Gasteiger partial charge in [-0.25, -0.2) is 0 Å². The van der Waals surface area contributed by atoms with Gasteiger partial charge in [-0.15, -0.1) is 0 Å². The number of halogens is 1. The van der Waals surface area contributed by atoms with E-state index in [0.717, 1.165) is 29.2 Å². The monoisotopic (exact) mass is 326 g/mol. The molecule has 1 aliphatic heterocycles. The molecule has 1 heterocycles. The molecule has 1 fully saturated rings. The maximum absolute atomic E-state index is 5.27. The summed E-state index contributed by atoms with van der Waals surface area (Å²) < 4.78 is 6.30. The summed E-state index contributed by atoms with van der Waals surface area (Å²) in [5.41, 5.74) is 1.33. The van der Waals surface area contributed by atoms with Crippen molar-refractivity contribution in [2.75, 3.05) is 34.3 Å². The van der Waals surface area contributed by atoms with Gasteiger partial charge in [0.1, 0.15) is 5.75 Å². The first kappa shape index (κ1) is 14.8. The summed E-state index contributed by atoms with van der Waals surface area (Å²) in [6.07, 6.45) is 0. The highest BCUT2D eigenvalue weighted by atomic mass is 79.9. The molecule has 0 spiro atoms. The molecule has 0 N–H and O–H groups in total. The van der Waals surface area contributed by atoms with Crippen molar-refractivity contribution >= 4 is 15.9 Å². The number of hydrogen-bond acceptors (Lipinski definition) is 3. The molecule has 3 nitrogen and oxygen atoms in total. The summed E-state index contributed by atoms with van der Waals surface area (Å²) in [7, 11) is 6.05. The molecule has 1 aromatic carbocycles. The van der Waals surface area contributed by atoms with Crippen molar-refractivity contribution in [3.05, 3.63) is 28.2 Å². The van der Waals surface area contributed by atoms with Crippen LogP contribution in [0.3, 0.4) is 0 Å². The second-order valence-electron chi connectivity index (χ2n) is 5.67. The first-order chi connectivity index (χ1) is 9.01. The summed E-state index contributed by atoms with van der Waals surface area (Å²) in [6.45, 7) is 5.68. The molecule has 2 atom stereocenters. The van der Waals surface area contributed by atoms with Crippen LogP contribution < -0.4 is 4.74 Å². The van der Waals surface area contributed by atoms with Crippen LogP contribution in [0.4, 0.5) is 0 Å². The summed E-state index contributed by atoms with van der Waals surface area (Å²) in [4.78, 5) is 4.87. The van der Waals surface area contributed by atoms with Crippen molar-refractivity contribution < 1.29 is 4.74 Å². The molecule has 2 unspecified atom stereocenters. The fourth-order valence-electron chi connectivity index (χ4n) is 2.92. The molecule has 1 saturated heterocycles. The molecule has 1 aliphatic rings. The van der Waals surface area contributed by atoms with E-state index in [4.69, 9.17) is 4.74 Å². The lowest BCUT2D eigenvalue weighted by atomic mass is 10.1. The largest absolute Gasteiger partial charge is 0.496 e. The lowest BCUT2D eigenvalue weighted by molar-refractivity contribution is 0.250. The zero-order valence-electron chi connectivity index (χ0n) is 12.2. The van der Waals surface area contributed by atoms with Crippen LogP contribution in [0.15, 0.2) is 22.7 Å². The van der Waals surface area contributed by atoms with E-state index in [0.29, 0.717) is 6.04 Å². The van der Waals surface area contributed by atoms with Gasteiger partial charge in [0.15, 0.2) is 0 Å². The number of rotatable bonds is 4. The summed E-state index contributed by atoms with van der Waals surface area (Å²) >= 11 is 3.55. The Labute approximate surface area is 124 Å². The van der Waals surface area contributed by atoms with Gasteiger partial charge in [0.05, 0.1) is 11.6 Å². The molecule has 0 aromatic heterocycles. The molecule has 0 radical (unpaired) electrons. The third-order valence-corrected chi connectivity index (χ3v) is 4.55. The molecule has 0 amide bonds. The van der Waals surface area contributed by atoms with E-state index in [9.17, 15) is 0 Å². The molecule has 19 heavy (non-hydrogen) atoms. The lowest BCUT2D eigenvalue weighted by Gasteiger charge is -2.22. The summed E-state index contributed by atoms with van der Waals surface area (Å²) in [5.74, 6) is 1.63. The van der Waals surface area contributed by atoms with Crippen molar-refractivity contribution in [2.24, 2.45) is 5.92 Å². The van der Waals surface area contributed by atoms with Crippen LogP contribution >= 0.6 is 15.9 Å². The molecule has 106 valence electrons. The highest BCUT2D eigenvalue weighted by Gasteiger charge is 2.30. The fourth-order valence-corrected chi connectivity index (χ4v) is 3.50. The average Bonchev–Trinajstić information content (AvgIpc) is 2.70. The van der Waals surface area contributed by atoms with Crippen LogP contribution in [0.5, 0.6) is 5.75 Å². The van der Waals surface area contributed by atoms with E-state index in [-0.39, 0.29) is 0 Å². The predicted molar refractivity (Wildman–Crippen MR) is 82.6 cm³/mol. The Hall–Kier alpha value is -0.580. The minimum Gasteiger partial charge on any atom is -0.496 e. The highest BCUT2D eigenvalue weighted by molar-refractivity contribution is 9.10. The van der Waals surface area contributed by atoms with Gasteiger partial charge in [-0.1, -0.05) is 13.0 Å². The zero-order chi connectivity index (χ0) is 14.0. The van der Waals surface area contributed by atoms with E-state index in [2.05, 4.69) is 58.9 Å². The Kier molecular flexibility index (Phi) is 4.87. The quantitative estimate of drug-likeness (QED) is 0.846. The number of ether oxygens (including phenoxy) is 1. The Balaban J connectivity index is 2.01. The third kappa shape index (κ3) is 3.50. The molecule has 0 saturated carbocycles. The molecule has 0 aliphatic carbocycles. The number of likely N-dealkylation sites (tertiary alicyclic amines) is 1. The Morgan fingerprint density at radius 1 is 1.37 bits per heavy atom. The SMILES string of the molecule is COc1ccc(CN2CC(C)C(N(C)C)C2)cc1Br. The van der Waals surface area contributed by atoms with Crippen LogP contribution in [0.25, 0.3) is 0 Å². The maximum Gasteiger partial charge on any atom is 0.133 e. The van der Waals surface area contributed by atoms with E-state index in [1.54, 1.807) is 7.11 Å².